The highest BCUT2D eigenvalue weighted by Gasteiger charge is 2.17. The second-order valence-electron chi connectivity index (χ2n) is 4.24. The molecule has 2 aromatic rings. The Balaban J connectivity index is 2.13. The Morgan fingerprint density at radius 1 is 0.950 bits per heavy atom. The predicted octanol–water partition coefficient (Wildman–Crippen LogP) is 3.75. The van der Waals surface area contributed by atoms with E-state index in [1.807, 2.05) is 0 Å². The molecule has 0 aliphatic rings. The number of hydrogen-bond acceptors (Lipinski definition) is 2. The fourth-order valence-electron chi connectivity index (χ4n) is 1.70. The van der Waals surface area contributed by atoms with Gasteiger partial charge in [-0.05, 0) is 31.2 Å². The minimum Gasteiger partial charge on any atom is -0.482 e. The molecule has 5 heteroatoms. The Labute approximate surface area is 113 Å². The van der Waals surface area contributed by atoms with Gasteiger partial charge in [-0.3, -0.25) is 4.79 Å². The first kappa shape index (κ1) is 14.1. The molecule has 0 fully saturated rings. The molecule has 0 saturated heterocycles. The topological polar surface area (TPSA) is 26.3 Å². The number of hydrogen-bond donors (Lipinski definition) is 0. The molecule has 0 amide bonds. The molecule has 1 atom stereocenters. The van der Waals surface area contributed by atoms with Crippen LogP contribution < -0.4 is 4.74 Å². The van der Waals surface area contributed by atoms with E-state index < -0.39 is 29.3 Å². The van der Waals surface area contributed by atoms with Crippen molar-refractivity contribution >= 4 is 5.78 Å². The zero-order valence-electron chi connectivity index (χ0n) is 10.6. The van der Waals surface area contributed by atoms with Crippen LogP contribution in [0.25, 0.3) is 0 Å². The van der Waals surface area contributed by atoms with Gasteiger partial charge in [0.2, 0.25) is 5.78 Å². The third-order valence-electron chi connectivity index (χ3n) is 2.65. The molecule has 0 spiro atoms. The molecule has 0 aliphatic carbocycles. The largest absolute Gasteiger partial charge is 0.482 e. The molecule has 2 aromatic carbocycles. The maximum absolute atomic E-state index is 13.0. The van der Waals surface area contributed by atoms with Gasteiger partial charge in [0.15, 0.2) is 6.10 Å². The van der Waals surface area contributed by atoms with Crippen molar-refractivity contribution in [3.63, 3.8) is 0 Å². The van der Waals surface area contributed by atoms with E-state index in [0.717, 1.165) is 24.3 Å². The first-order chi connectivity index (χ1) is 9.45. The molecule has 0 aromatic heterocycles. The van der Waals surface area contributed by atoms with Gasteiger partial charge in [-0.1, -0.05) is 0 Å². The number of ketones is 1. The van der Waals surface area contributed by atoms with Crippen LogP contribution in [0.3, 0.4) is 0 Å². The van der Waals surface area contributed by atoms with Crippen LogP contribution in [-0.2, 0) is 0 Å². The molecule has 0 heterocycles. The highest BCUT2D eigenvalue weighted by Crippen LogP contribution is 2.18. The molecular weight excluding hydrogens is 269 g/mol. The van der Waals surface area contributed by atoms with Crippen LogP contribution in [0.15, 0.2) is 42.5 Å². The Bertz CT molecular complexity index is 603. The van der Waals surface area contributed by atoms with Gasteiger partial charge in [0, 0.05) is 23.8 Å². The Morgan fingerprint density at radius 3 is 2.05 bits per heavy atom. The molecular formula is C15H11F3O2. The standard InChI is InChI=1S/C15H11F3O2/c1-9(15(19)10-2-4-11(16)5-3-10)20-14-7-12(17)6-13(18)8-14/h2-9H,1H3. The summed E-state index contributed by atoms with van der Waals surface area (Å²) in [6, 6.07) is 7.63. The first-order valence-corrected chi connectivity index (χ1v) is 5.88. The van der Waals surface area contributed by atoms with E-state index >= 15 is 0 Å². The second kappa shape index (κ2) is 5.77. The van der Waals surface area contributed by atoms with Crippen LogP contribution in [0.4, 0.5) is 13.2 Å². The van der Waals surface area contributed by atoms with E-state index in [2.05, 4.69) is 0 Å². The van der Waals surface area contributed by atoms with Crippen LogP contribution in [0.1, 0.15) is 17.3 Å². The molecule has 0 radical (unpaired) electrons. The number of Topliss-reactive ketones (excluding diaryl/α,β-unsaturated/α-hetero) is 1. The lowest BCUT2D eigenvalue weighted by Crippen LogP contribution is -2.24. The number of ether oxygens (including phenoxy) is 1. The van der Waals surface area contributed by atoms with Gasteiger partial charge in [0.05, 0.1) is 0 Å². The quantitative estimate of drug-likeness (QED) is 0.797. The van der Waals surface area contributed by atoms with Gasteiger partial charge >= 0.3 is 0 Å². The summed E-state index contributed by atoms with van der Waals surface area (Å²) in [5, 5.41) is 0. The second-order valence-corrected chi connectivity index (χ2v) is 4.24. The summed E-state index contributed by atoms with van der Waals surface area (Å²) < 4.78 is 44.0. The maximum atomic E-state index is 13.0. The lowest BCUT2D eigenvalue weighted by Gasteiger charge is -2.14. The van der Waals surface area contributed by atoms with Gasteiger partial charge < -0.3 is 4.74 Å². The summed E-state index contributed by atoms with van der Waals surface area (Å²) in [6.45, 7) is 1.45. The fraction of sp³-hybridized carbons (Fsp3) is 0.133. The normalized spacial score (nSPS) is 12.0. The summed E-state index contributed by atoms with van der Waals surface area (Å²) in [5.74, 6) is -2.52. The van der Waals surface area contributed by atoms with Gasteiger partial charge in [0.25, 0.3) is 0 Å². The molecule has 104 valence electrons. The van der Waals surface area contributed by atoms with E-state index in [1.54, 1.807) is 0 Å². The smallest absolute Gasteiger partial charge is 0.202 e. The average Bonchev–Trinajstić information content (AvgIpc) is 2.37. The molecule has 0 bridgehead atoms. The fourth-order valence-corrected chi connectivity index (χ4v) is 1.70. The van der Waals surface area contributed by atoms with Gasteiger partial charge in [-0.25, -0.2) is 13.2 Å². The van der Waals surface area contributed by atoms with E-state index in [1.165, 1.54) is 19.1 Å². The Morgan fingerprint density at radius 2 is 1.50 bits per heavy atom. The number of rotatable bonds is 4. The number of carbonyl (C=O) groups is 1. The third kappa shape index (κ3) is 3.38. The van der Waals surface area contributed by atoms with E-state index in [-0.39, 0.29) is 11.3 Å². The lowest BCUT2D eigenvalue weighted by molar-refractivity contribution is 0.0817. The van der Waals surface area contributed by atoms with Crippen LogP contribution >= 0.6 is 0 Å². The summed E-state index contributed by atoms with van der Waals surface area (Å²) in [4.78, 5) is 12.0. The Hall–Kier alpha value is -2.30. The molecule has 0 N–H and O–H groups in total. The van der Waals surface area contributed by atoms with Gasteiger partial charge in [-0.15, -0.1) is 0 Å². The monoisotopic (exact) mass is 280 g/mol. The van der Waals surface area contributed by atoms with Crippen LogP contribution in [-0.4, -0.2) is 11.9 Å². The molecule has 0 saturated carbocycles. The maximum Gasteiger partial charge on any atom is 0.202 e. The molecule has 1 unspecified atom stereocenters. The summed E-state index contributed by atoms with van der Waals surface area (Å²) in [5.41, 5.74) is 0.260. The van der Waals surface area contributed by atoms with Crippen molar-refractivity contribution in [1.82, 2.24) is 0 Å². The zero-order chi connectivity index (χ0) is 14.7. The molecule has 0 aliphatic heterocycles. The number of benzene rings is 2. The highest BCUT2D eigenvalue weighted by molar-refractivity contribution is 5.99. The summed E-state index contributed by atoms with van der Waals surface area (Å²) in [7, 11) is 0. The summed E-state index contributed by atoms with van der Waals surface area (Å²) >= 11 is 0. The van der Waals surface area contributed by atoms with Crippen molar-refractivity contribution in [2.45, 2.75) is 13.0 Å². The van der Waals surface area contributed by atoms with Gasteiger partial charge in [0.1, 0.15) is 23.2 Å². The van der Waals surface area contributed by atoms with Crippen molar-refractivity contribution < 1.29 is 22.7 Å². The van der Waals surface area contributed by atoms with Crippen molar-refractivity contribution in [2.24, 2.45) is 0 Å². The van der Waals surface area contributed by atoms with Crippen LogP contribution in [0, 0.1) is 17.5 Å². The minimum atomic E-state index is -0.943. The van der Waals surface area contributed by atoms with E-state index in [9.17, 15) is 18.0 Å². The van der Waals surface area contributed by atoms with Crippen LogP contribution in [0.5, 0.6) is 5.75 Å². The first-order valence-electron chi connectivity index (χ1n) is 5.88. The highest BCUT2D eigenvalue weighted by atomic mass is 19.1. The molecule has 2 rings (SSSR count). The van der Waals surface area contributed by atoms with E-state index in [4.69, 9.17) is 4.74 Å². The van der Waals surface area contributed by atoms with Crippen molar-refractivity contribution in [1.29, 1.82) is 0 Å². The average molecular weight is 280 g/mol. The minimum absolute atomic E-state index is 0.0783. The van der Waals surface area contributed by atoms with E-state index in [0.29, 0.717) is 6.07 Å². The number of halogens is 3. The van der Waals surface area contributed by atoms with Crippen molar-refractivity contribution in [3.05, 3.63) is 65.5 Å². The summed E-state index contributed by atoms with van der Waals surface area (Å²) in [6.07, 6.45) is -0.943. The predicted molar refractivity (Wildman–Crippen MR) is 67.2 cm³/mol. The number of carbonyl (C=O) groups excluding carboxylic acids is 1. The van der Waals surface area contributed by atoms with Crippen molar-refractivity contribution in [2.75, 3.05) is 0 Å². The van der Waals surface area contributed by atoms with Crippen LogP contribution in [0.2, 0.25) is 0 Å². The van der Waals surface area contributed by atoms with Crippen molar-refractivity contribution in [3.8, 4) is 5.75 Å². The third-order valence-corrected chi connectivity index (χ3v) is 2.65. The van der Waals surface area contributed by atoms with Gasteiger partial charge in [-0.2, -0.15) is 0 Å². The lowest BCUT2D eigenvalue weighted by atomic mass is 10.1. The Kier molecular flexibility index (Phi) is 4.08. The zero-order valence-corrected chi connectivity index (χ0v) is 10.6. The SMILES string of the molecule is CC(Oc1cc(F)cc(F)c1)C(=O)c1ccc(F)cc1. The molecule has 20 heavy (non-hydrogen) atoms. The molecule has 2 nitrogen and oxygen atoms in total.